The molecule has 1 fully saturated rings. The third-order valence-corrected chi connectivity index (χ3v) is 6.26. The number of aryl methyl sites for hydroxylation is 1. The Bertz CT molecular complexity index is 1180. The number of benzene rings is 2. The molecule has 0 aliphatic carbocycles. The Morgan fingerprint density at radius 3 is 2.67 bits per heavy atom. The van der Waals surface area contributed by atoms with E-state index in [1.165, 1.54) is 11.3 Å². The van der Waals surface area contributed by atoms with E-state index in [1.807, 2.05) is 35.9 Å². The van der Waals surface area contributed by atoms with E-state index < -0.39 is 5.92 Å². The van der Waals surface area contributed by atoms with Gasteiger partial charge in [0.2, 0.25) is 16.6 Å². The molecule has 30 heavy (non-hydrogen) atoms. The molecule has 2 aromatic carbocycles. The molecule has 1 aromatic heterocycles. The highest BCUT2D eigenvalue weighted by Gasteiger charge is 2.35. The number of amides is 2. The largest absolute Gasteiger partial charge is 0.493 e. The van der Waals surface area contributed by atoms with Gasteiger partial charge in [-0.05, 0) is 24.3 Å². The first-order valence-corrected chi connectivity index (χ1v) is 10.2. The van der Waals surface area contributed by atoms with Crippen LogP contribution in [0.3, 0.4) is 0 Å². The van der Waals surface area contributed by atoms with Crippen molar-refractivity contribution in [1.29, 1.82) is 0 Å². The SMILES string of the molecule is COc1ccc(N2CC(C(=O)N/N=c3\sc4ccccc4n3C)CC2=O)cc1OC. The summed E-state index contributed by atoms with van der Waals surface area (Å²) in [6.45, 7) is 0.286. The number of ether oxygens (including phenoxy) is 2. The minimum Gasteiger partial charge on any atom is -0.493 e. The van der Waals surface area contributed by atoms with E-state index >= 15 is 0 Å². The Morgan fingerprint density at radius 1 is 1.17 bits per heavy atom. The van der Waals surface area contributed by atoms with Gasteiger partial charge in [-0.1, -0.05) is 23.5 Å². The summed E-state index contributed by atoms with van der Waals surface area (Å²) in [5, 5.41) is 4.28. The predicted molar refractivity (Wildman–Crippen MR) is 115 cm³/mol. The molecule has 0 spiro atoms. The van der Waals surface area contributed by atoms with E-state index in [-0.39, 0.29) is 24.8 Å². The number of hydrogen-bond donors (Lipinski definition) is 1. The van der Waals surface area contributed by atoms with Crippen molar-refractivity contribution in [3.8, 4) is 11.5 Å². The van der Waals surface area contributed by atoms with Crippen LogP contribution in [-0.2, 0) is 16.6 Å². The predicted octanol–water partition coefficient (Wildman–Crippen LogP) is 2.24. The summed E-state index contributed by atoms with van der Waals surface area (Å²) >= 11 is 1.49. The normalized spacial score (nSPS) is 16.9. The summed E-state index contributed by atoms with van der Waals surface area (Å²) in [4.78, 5) is 27.5. The molecule has 3 aromatic rings. The third kappa shape index (κ3) is 3.63. The molecule has 0 radical (unpaired) electrons. The lowest BCUT2D eigenvalue weighted by molar-refractivity contribution is -0.126. The van der Waals surface area contributed by atoms with E-state index in [1.54, 1.807) is 37.3 Å². The van der Waals surface area contributed by atoms with Crippen LogP contribution < -0.4 is 24.6 Å². The lowest BCUT2D eigenvalue weighted by atomic mass is 10.1. The van der Waals surface area contributed by atoms with Crippen molar-refractivity contribution in [1.82, 2.24) is 9.99 Å². The summed E-state index contributed by atoms with van der Waals surface area (Å²) in [6, 6.07) is 13.2. The molecule has 9 heteroatoms. The molecular formula is C21H22N4O4S. The number of anilines is 1. The van der Waals surface area contributed by atoms with Gasteiger partial charge in [-0.15, -0.1) is 5.10 Å². The van der Waals surface area contributed by atoms with Crippen molar-refractivity contribution in [3.05, 3.63) is 47.3 Å². The molecule has 1 N–H and O–H groups in total. The zero-order chi connectivity index (χ0) is 21.3. The quantitative estimate of drug-likeness (QED) is 0.634. The number of nitrogens with zero attached hydrogens (tertiary/aromatic N) is 3. The van der Waals surface area contributed by atoms with Crippen LogP contribution in [0.1, 0.15) is 6.42 Å². The highest BCUT2D eigenvalue weighted by atomic mass is 32.1. The minimum absolute atomic E-state index is 0.116. The molecule has 2 amide bonds. The number of aromatic nitrogens is 1. The summed E-state index contributed by atoms with van der Waals surface area (Å²) in [7, 11) is 5.00. The summed E-state index contributed by atoms with van der Waals surface area (Å²) < 4.78 is 13.6. The number of rotatable bonds is 5. The molecule has 1 atom stereocenters. The van der Waals surface area contributed by atoms with Gasteiger partial charge in [0.1, 0.15) is 0 Å². The number of carbonyl (C=O) groups excluding carboxylic acids is 2. The van der Waals surface area contributed by atoms with Gasteiger partial charge in [-0.3, -0.25) is 9.59 Å². The number of fused-ring (bicyclic) bond motifs is 1. The first kappa shape index (κ1) is 20.0. The highest BCUT2D eigenvalue weighted by Crippen LogP contribution is 2.34. The minimum atomic E-state index is -0.478. The van der Waals surface area contributed by atoms with Crippen LogP contribution in [-0.4, -0.2) is 37.1 Å². The zero-order valence-electron chi connectivity index (χ0n) is 16.9. The van der Waals surface area contributed by atoms with Gasteiger partial charge in [-0.25, -0.2) is 5.43 Å². The second-order valence-corrected chi connectivity index (χ2v) is 7.95. The summed E-state index contributed by atoms with van der Waals surface area (Å²) in [5.41, 5.74) is 4.34. The van der Waals surface area contributed by atoms with Crippen LogP contribution >= 0.6 is 11.3 Å². The monoisotopic (exact) mass is 426 g/mol. The lowest BCUT2D eigenvalue weighted by Gasteiger charge is -2.18. The molecule has 0 saturated carbocycles. The van der Waals surface area contributed by atoms with Gasteiger partial charge >= 0.3 is 0 Å². The van der Waals surface area contributed by atoms with Gasteiger partial charge in [0.05, 0.1) is 30.4 Å². The number of hydrogen-bond acceptors (Lipinski definition) is 6. The number of carbonyl (C=O) groups is 2. The van der Waals surface area contributed by atoms with Crippen LogP contribution in [0.15, 0.2) is 47.6 Å². The molecule has 0 bridgehead atoms. The Labute approximate surface area is 177 Å². The average Bonchev–Trinajstić information content (AvgIpc) is 3.31. The van der Waals surface area contributed by atoms with Crippen LogP contribution in [0.2, 0.25) is 0 Å². The molecule has 1 aliphatic rings. The van der Waals surface area contributed by atoms with Gasteiger partial charge in [0.25, 0.3) is 0 Å². The molecular weight excluding hydrogens is 404 g/mol. The maximum Gasteiger partial charge on any atom is 0.245 e. The Morgan fingerprint density at radius 2 is 1.93 bits per heavy atom. The van der Waals surface area contributed by atoms with Gasteiger partial charge in [0.15, 0.2) is 11.5 Å². The second kappa shape index (κ2) is 8.19. The van der Waals surface area contributed by atoms with Crippen molar-refractivity contribution < 1.29 is 19.1 Å². The smallest absolute Gasteiger partial charge is 0.245 e. The maximum atomic E-state index is 12.7. The fraction of sp³-hybridized carbons (Fsp3) is 0.286. The maximum absolute atomic E-state index is 12.7. The molecule has 1 aliphatic heterocycles. The summed E-state index contributed by atoms with van der Waals surface area (Å²) in [5.74, 6) is 0.243. The Kier molecular flexibility index (Phi) is 5.45. The van der Waals surface area contributed by atoms with Crippen molar-refractivity contribution in [2.75, 3.05) is 25.7 Å². The van der Waals surface area contributed by atoms with Crippen molar-refractivity contribution in [2.24, 2.45) is 18.1 Å². The fourth-order valence-electron chi connectivity index (χ4n) is 3.51. The Balaban J connectivity index is 1.50. The molecule has 156 valence electrons. The van der Waals surface area contributed by atoms with Crippen molar-refractivity contribution >= 4 is 39.1 Å². The zero-order valence-corrected chi connectivity index (χ0v) is 17.7. The van der Waals surface area contributed by atoms with E-state index in [2.05, 4.69) is 10.5 Å². The van der Waals surface area contributed by atoms with Crippen LogP contribution in [0.25, 0.3) is 10.2 Å². The van der Waals surface area contributed by atoms with E-state index in [4.69, 9.17) is 9.47 Å². The summed E-state index contributed by atoms with van der Waals surface area (Å²) in [6.07, 6.45) is 0.133. The first-order chi connectivity index (χ1) is 14.5. The van der Waals surface area contributed by atoms with Crippen LogP contribution in [0.4, 0.5) is 5.69 Å². The first-order valence-electron chi connectivity index (χ1n) is 9.42. The molecule has 4 rings (SSSR count). The van der Waals surface area contributed by atoms with E-state index in [0.717, 1.165) is 10.2 Å². The number of nitrogens with one attached hydrogen (secondary N) is 1. The highest BCUT2D eigenvalue weighted by molar-refractivity contribution is 7.16. The van der Waals surface area contributed by atoms with Crippen LogP contribution in [0.5, 0.6) is 11.5 Å². The second-order valence-electron chi connectivity index (χ2n) is 6.94. The van der Waals surface area contributed by atoms with Gasteiger partial charge < -0.3 is 18.9 Å². The fourth-order valence-corrected chi connectivity index (χ4v) is 4.49. The van der Waals surface area contributed by atoms with Gasteiger partial charge in [0, 0.05) is 31.8 Å². The standard InChI is InChI=1S/C21H22N4O4S/c1-24-15-6-4-5-7-18(15)30-21(24)23-22-20(27)13-10-19(26)25(12-13)14-8-9-16(28-2)17(11-14)29-3/h4-9,11,13H,10,12H2,1-3H3,(H,22,27)/b23-21-. The average molecular weight is 426 g/mol. The Hall–Kier alpha value is -3.33. The molecule has 1 saturated heterocycles. The molecule has 8 nitrogen and oxygen atoms in total. The lowest BCUT2D eigenvalue weighted by Crippen LogP contribution is -2.32. The van der Waals surface area contributed by atoms with Crippen molar-refractivity contribution in [2.45, 2.75) is 6.42 Å². The molecule has 1 unspecified atom stereocenters. The number of thiazole rings is 1. The van der Waals surface area contributed by atoms with Gasteiger partial charge in [-0.2, -0.15) is 0 Å². The number of para-hydroxylation sites is 1. The third-order valence-electron chi connectivity index (χ3n) is 5.15. The topological polar surface area (TPSA) is 85.2 Å². The van der Waals surface area contributed by atoms with Crippen LogP contribution in [0, 0.1) is 5.92 Å². The molecule has 2 heterocycles. The van der Waals surface area contributed by atoms with Crippen molar-refractivity contribution in [3.63, 3.8) is 0 Å². The number of methoxy groups -OCH3 is 2. The van der Waals surface area contributed by atoms with E-state index in [9.17, 15) is 9.59 Å². The van der Waals surface area contributed by atoms with E-state index in [0.29, 0.717) is 22.0 Å².